The molecule has 14 heteroatoms. The summed E-state index contributed by atoms with van der Waals surface area (Å²) in [5.41, 5.74) is 3.66. The zero-order valence-corrected chi connectivity index (χ0v) is 36.9. The molecule has 4 atom stereocenters. The van der Waals surface area contributed by atoms with E-state index in [0.29, 0.717) is 34.6 Å². The van der Waals surface area contributed by atoms with Gasteiger partial charge < -0.3 is 35.6 Å². The monoisotopic (exact) mass is 854 g/mol. The van der Waals surface area contributed by atoms with Crippen molar-refractivity contribution < 1.29 is 29.6 Å². The Bertz CT molecular complexity index is 2320. The number of esters is 1. The zero-order valence-electron chi connectivity index (χ0n) is 35.2. The Kier molecular flexibility index (Phi) is 12.0. The van der Waals surface area contributed by atoms with Gasteiger partial charge in [-0.1, -0.05) is 44.2 Å². The van der Waals surface area contributed by atoms with Gasteiger partial charge in [0.25, 0.3) is 0 Å². The van der Waals surface area contributed by atoms with Crippen molar-refractivity contribution in [3.63, 3.8) is 0 Å². The number of hydrogen-bond donors (Lipinski definition) is 5. The first-order valence-corrected chi connectivity index (χ1v) is 23.0. The third-order valence-electron chi connectivity index (χ3n) is 13.1. The third-order valence-corrected chi connectivity index (χ3v) is 15.7. The van der Waals surface area contributed by atoms with E-state index in [-0.39, 0.29) is 29.1 Å². The van der Waals surface area contributed by atoms with Crippen molar-refractivity contribution in [1.82, 2.24) is 30.5 Å². The van der Waals surface area contributed by atoms with Gasteiger partial charge >= 0.3 is 5.97 Å². The number of ether oxygens (including phenoxy) is 1. The van der Waals surface area contributed by atoms with Gasteiger partial charge in [-0.25, -0.2) is 9.48 Å². The van der Waals surface area contributed by atoms with Crippen LogP contribution >= 0.6 is 22.7 Å². The Morgan fingerprint density at radius 2 is 1.88 bits per heavy atom. The van der Waals surface area contributed by atoms with Gasteiger partial charge in [0.1, 0.15) is 17.4 Å². The second-order valence-electron chi connectivity index (χ2n) is 18.2. The minimum absolute atomic E-state index is 0.0144. The molecule has 60 heavy (non-hydrogen) atoms. The molecule has 0 spiro atoms. The number of aromatic nitrogens is 3. The number of carbonyl (C=O) groups excluding carboxylic acids is 2. The van der Waals surface area contributed by atoms with Crippen LogP contribution < -0.4 is 10.6 Å². The van der Waals surface area contributed by atoms with Crippen LogP contribution in [0.2, 0.25) is 0 Å². The lowest BCUT2D eigenvalue weighted by molar-refractivity contribution is -0.169. The quantitative estimate of drug-likeness (QED) is 0.0880. The molecule has 1 fully saturated rings. The van der Waals surface area contributed by atoms with Gasteiger partial charge in [0.2, 0.25) is 11.5 Å². The van der Waals surface area contributed by atoms with Crippen LogP contribution in [0.25, 0.3) is 11.0 Å². The molecule has 12 nitrogen and oxygen atoms in total. The van der Waals surface area contributed by atoms with Crippen LogP contribution in [0.3, 0.4) is 0 Å². The van der Waals surface area contributed by atoms with Gasteiger partial charge in [0.05, 0.1) is 27.1 Å². The second-order valence-corrected chi connectivity index (χ2v) is 20.3. The van der Waals surface area contributed by atoms with Crippen molar-refractivity contribution in [2.24, 2.45) is 11.3 Å². The maximum absolute atomic E-state index is 13.8. The number of aryl methyl sites for hydroxylation is 2. The number of rotatable bonds is 14. The molecule has 0 saturated heterocycles. The Morgan fingerprint density at radius 3 is 2.62 bits per heavy atom. The summed E-state index contributed by atoms with van der Waals surface area (Å²) in [5.74, 6) is -1.19. The average Bonchev–Trinajstić information content (AvgIpc) is 4.06. The molecule has 3 aromatic heterocycles. The molecule has 0 radical (unpaired) electrons. The summed E-state index contributed by atoms with van der Waals surface area (Å²) in [4.78, 5) is 30.5. The number of amides is 1. The largest absolute Gasteiger partial charge is 0.506 e. The fourth-order valence-electron chi connectivity index (χ4n) is 9.63. The molecular formula is C46H58N6O6S2. The summed E-state index contributed by atoms with van der Waals surface area (Å²) in [6, 6.07) is 10.1. The lowest BCUT2D eigenvalue weighted by atomic mass is 9.67. The second kappa shape index (κ2) is 16.9. The fraction of sp³-hybridized carbons (Fsp3) is 0.522. The summed E-state index contributed by atoms with van der Waals surface area (Å²) >= 11 is 2.84. The van der Waals surface area contributed by atoms with E-state index in [1.165, 1.54) is 45.4 Å². The lowest BCUT2D eigenvalue weighted by Gasteiger charge is -2.42. The Labute approximate surface area is 360 Å². The van der Waals surface area contributed by atoms with E-state index in [4.69, 9.17) is 4.74 Å². The maximum Gasteiger partial charge on any atom is 0.349 e. The highest BCUT2D eigenvalue weighted by Crippen LogP contribution is 2.45. The number of hydrogen-bond acceptors (Lipinski definition) is 12. The summed E-state index contributed by atoms with van der Waals surface area (Å²) in [6.45, 7) is 10.9. The van der Waals surface area contributed by atoms with Gasteiger partial charge in [-0.3, -0.25) is 4.79 Å². The summed E-state index contributed by atoms with van der Waals surface area (Å²) in [5, 5.41) is 51.1. The summed E-state index contributed by atoms with van der Waals surface area (Å²) in [6.07, 6.45) is 13.0. The number of allylic oxidation sites excluding steroid dienone is 2. The highest BCUT2D eigenvalue weighted by Gasteiger charge is 2.46. The van der Waals surface area contributed by atoms with Crippen molar-refractivity contribution in [2.75, 3.05) is 20.1 Å². The van der Waals surface area contributed by atoms with Crippen LogP contribution in [0.15, 0.2) is 71.5 Å². The van der Waals surface area contributed by atoms with Crippen molar-refractivity contribution in [3.05, 3.63) is 103 Å². The van der Waals surface area contributed by atoms with E-state index in [1.54, 1.807) is 12.2 Å². The molecule has 320 valence electrons. The van der Waals surface area contributed by atoms with Gasteiger partial charge in [-0.05, 0) is 130 Å². The molecule has 4 heterocycles. The molecule has 3 unspecified atom stereocenters. The van der Waals surface area contributed by atoms with E-state index < -0.39 is 23.1 Å². The van der Waals surface area contributed by atoms with E-state index in [2.05, 4.69) is 64.4 Å². The molecule has 4 aromatic rings. The van der Waals surface area contributed by atoms with E-state index in [0.717, 1.165) is 80.4 Å². The topological polar surface area (TPSA) is 162 Å². The zero-order chi connectivity index (χ0) is 42.4. The first-order chi connectivity index (χ1) is 28.7. The lowest BCUT2D eigenvalue weighted by Crippen LogP contribution is -2.48. The molecule has 1 saturated carbocycles. The van der Waals surface area contributed by atoms with Gasteiger partial charge in [0.15, 0.2) is 0 Å². The predicted octanol–water partition coefficient (Wildman–Crippen LogP) is 6.55. The number of nitrogens with zero attached hydrogens (tertiary/aromatic N) is 4. The molecule has 4 aliphatic rings. The number of fused-ring (bicyclic) bond motifs is 4. The first-order valence-electron chi connectivity index (χ1n) is 21.3. The predicted molar refractivity (Wildman–Crippen MR) is 235 cm³/mol. The molecule has 1 aliphatic heterocycles. The van der Waals surface area contributed by atoms with Crippen molar-refractivity contribution >= 4 is 45.6 Å². The van der Waals surface area contributed by atoms with Crippen LogP contribution in [0, 0.1) is 11.3 Å². The van der Waals surface area contributed by atoms with Crippen LogP contribution in [-0.4, -0.2) is 85.5 Å². The SMILES string of the molecule is CN(CCCn1nnc2cc(CNC[C@H](O)C3C=CC(O)=C4NC(=O)C=CC43C)c3c(c21)CCC3)C1CCC(OC(=O)C(O)(c2cccs2)c2ccc(C(C)(C)C)s2)CC1. The number of aliphatic hydroxyl groups excluding tert-OH is 2. The molecule has 5 N–H and O–H groups in total. The van der Waals surface area contributed by atoms with Crippen LogP contribution in [0.4, 0.5) is 0 Å². The summed E-state index contributed by atoms with van der Waals surface area (Å²) in [7, 11) is 2.18. The van der Waals surface area contributed by atoms with Gasteiger partial charge in [-0.2, -0.15) is 0 Å². The van der Waals surface area contributed by atoms with Crippen molar-refractivity contribution in [2.45, 2.75) is 121 Å². The van der Waals surface area contributed by atoms with Gasteiger partial charge in [0, 0.05) is 48.0 Å². The van der Waals surface area contributed by atoms with E-state index in [9.17, 15) is 24.9 Å². The molecule has 1 aromatic carbocycles. The standard InChI is InChI=1S/C46H58N6O6S2/c1-44(2,3)37-18-19-39(60-37)46(57,38-11-7-24-59-38)43(56)58-30-14-12-29(13-15-30)51(5)22-8-23-52-41-32-10-6-9-31(32)28(25-34(41)49-50-52)26-47-27-36(54)33-16-17-35(53)42-45(33,4)21-20-40(55)48-42/h7,11,16-21,24-25,29-30,33,36,47,53-54,57H,6,8-10,12-15,22-23,26-27H2,1-5H3,(H,48,55)/t29?,30?,33?,36-,45?,46?/m0/s1. The minimum atomic E-state index is -1.82. The molecule has 8 rings (SSSR count). The van der Waals surface area contributed by atoms with Crippen LogP contribution in [-0.2, 0) is 51.3 Å². The third kappa shape index (κ3) is 8.14. The summed E-state index contributed by atoms with van der Waals surface area (Å²) < 4.78 is 8.18. The molecule has 0 bridgehead atoms. The number of aliphatic hydroxyl groups is 3. The highest BCUT2D eigenvalue weighted by atomic mass is 32.1. The number of benzene rings is 1. The molecular weight excluding hydrogens is 797 g/mol. The smallest absolute Gasteiger partial charge is 0.349 e. The molecule has 3 aliphatic carbocycles. The van der Waals surface area contributed by atoms with Crippen molar-refractivity contribution in [3.8, 4) is 0 Å². The normalized spacial score (nSPS) is 24.4. The van der Waals surface area contributed by atoms with Crippen molar-refractivity contribution in [1.29, 1.82) is 0 Å². The number of thiophene rings is 2. The fourth-order valence-corrected chi connectivity index (χ4v) is 11.7. The Balaban J connectivity index is 0.835. The minimum Gasteiger partial charge on any atom is -0.506 e. The van der Waals surface area contributed by atoms with E-state index in [1.807, 2.05) is 42.6 Å². The number of nitrogens with one attached hydrogen (secondary N) is 2. The van der Waals surface area contributed by atoms with Crippen LogP contribution in [0.5, 0.6) is 0 Å². The highest BCUT2D eigenvalue weighted by molar-refractivity contribution is 7.13. The van der Waals surface area contributed by atoms with Gasteiger partial charge in [-0.15, -0.1) is 27.8 Å². The number of carbonyl (C=O) groups is 2. The Morgan fingerprint density at radius 1 is 1.12 bits per heavy atom. The average molecular weight is 855 g/mol. The van der Waals surface area contributed by atoms with Crippen LogP contribution in [0.1, 0.15) is 97.5 Å². The maximum atomic E-state index is 13.8. The first kappa shape index (κ1) is 42.5. The van der Waals surface area contributed by atoms with E-state index >= 15 is 0 Å². The Hall–Kier alpha value is -4.18. The molecule has 1 amide bonds.